The first-order chi connectivity index (χ1) is 14.4. The Morgan fingerprint density at radius 2 is 1.57 bits per heavy atom. The summed E-state index contributed by atoms with van der Waals surface area (Å²) in [4.78, 5) is 24.0. The maximum absolute atomic E-state index is 12.8. The number of hydrogen-bond donors (Lipinski definition) is 2. The second-order valence-electron chi connectivity index (χ2n) is 7.42. The van der Waals surface area contributed by atoms with Crippen molar-refractivity contribution in [2.24, 2.45) is 5.73 Å². The van der Waals surface area contributed by atoms with Gasteiger partial charge in [-0.1, -0.05) is 37.1 Å². The first-order valence-electron chi connectivity index (χ1n) is 10.2. The molecule has 0 atom stereocenters. The fourth-order valence-corrected chi connectivity index (χ4v) is 5.05. The van der Waals surface area contributed by atoms with Crippen LogP contribution in [0.15, 0.2) is 53.4 Å². The molecule has 3 rings (SSSR count). The smallest absolute Gasteiger partial charge is 0.250 e. The molecule has 1 aliphatic heterocycles. The maximum Gasteiger partial charge on any atom is 0.250 e. The molecule has 0 spiro atoms. The second kappa shape index (κ2) is 9.86. The molecule has 0 saturated carbocycles. The molecule has 1 saturated heterocycles. The molecule has 2 aromatic carbocycles. The fraction of sp³-hybridized carbons (Fsp3) is 0.364. The summed E-state index contributed by atoms with van der Waals surface area (Å²) in [6, 6.07) is 13.3. The summed E-state index contributed by atoms with van der Waals surface area (Å²) in [5.41, 5.74) is 6.83. The van der Waals surface area contributed by atoms with Crippen molar-refractivity contribution in [3.05, 3.63) is 59.7 Å². The summed E-state index contributed by atoms with van der Waals surface area (Å²) in [6.07, 6.45) is 4.57. The largest absolute Gasteiger partial charge is 0.366 e. The number of carbonyl (C=O) groups is 2. The highest BCUT2D eigenvalue weighted by Crippen LogP contribution is 2.21. The molecular weight excluding hydrogens is 402 g/mol. The lowest BCUT2D eigenvalue weighted by Crippen LogP contribution is -2.31. The van der Waals surface area contributed by atoms with Crippen molar-refractivity contribution >= 4 is 27.5 Å². The Morgan fingerprint density at radius 3 is 2.20 bits per heavy atom. The van der Waals surface area contributed by atoms with E-state index in [9.17, 15) is 18.0 Å². The molecule has 0 aromatic heterocycles. The van der Waals surface area contributed by atoms with Crippen LogP contribution in [0.4, 0.5) is 5.69 Å². The average molecular weight is 430 g/mol. The lowest BCUT2D eigenvalue weighted by atomic mass is 10.1. The van der Waals surface area contributed by atoms with Crippen LogP contribution in [0, 0.1) is 0 Å². The molecule has 7 nitrogen and oxygen atoms in total. The van der Waals surface area contributed by atoms with E-state index in [-0.39, 0.29) is 22.8 Å². The zero-order valence-electron chi connectivity index (χ0n) is 16.8. The Balaban J connectivity index is 1.59. The topological polar surface area (TPSA) is 110 Å². The minimum Gasteiger partial charge on any atom is -0.366 e. The molecule has 1 fully saturated rings. The Hall–Kier alpha value is -2.71. The van der Waals surface area contributed by atoms with E-state index in [0.29, 0.717) is 25.2 Å². The van der Waals surface area contributed by atoms with Crippen molar-refractivity contribution in [3.63, 3.8) is 0 Å². The van der Waals surface area contributed by atoms with E-state index in [4.69, 9.17) is 5.73 Å². The summed E-state index contributed by atoms with van der Waals surface area (Å²) in [5.74, 6) is -0.850. The number of aryl methyl sites for hydroxylation is 1. The van der Waals surface area contributed by atoms with Crippen LogP contribution >= 0.6 is 0 Å². The highest BCUT2D eigenvalue weighted by atomic mass is 32.2. The number of sulfonamides is 1. The van der Waals surface area contributed by atoms with Gasteiger partial charge in [-0.15, -0.1) is 0 Å². The zero-order chi connectivity index (χ0) is 21.6. The van der Waals surface area contributed by atoms with E-state index in [1.807, 2.05) is 0 Å². The number of amides is 2. The molecule has 2 amide bonds. The average Bonchev–Trinajstić information content (AvgIpc) is 3.03. The van der Waals surface area contributed by atoms with Crippen LogP contribution in [0.2, 0.25) is 0 Å². The zero-order valence-corrected chi connectivity index (χ0v) is 17.7. The number of carbonyl (C=O) groups excluding carboxylic acids is 2. The van der Waals surface area contributed by atoms with Gasteiger partial charge in [-0.3, -0.25) is 9.59 Å². The van der Waals surface area contributed by atoms with E-state index >= 15 is 0 Å². The van der Waals surface area contributed by atoms with Crippen LogP contribution < -0.4 is 11.1 Å². The monoisotopic (exact) mass is 429 g/mol. The van der Waals surface area contributed by atoms with Gasteiger partial charge in [0.15, 0.2) is 0 Å². The molecule has 0 unspecified atom stereocenters. The standard InChI is InChI=1S/C22H27N3O4S/c23-22(27)19-7-3-4-8-20(19)24-21(26)14-11-17-9-12-18(13-10-17)30(28,29)25-15-5-1-2-6-16-25/h3-4,7-10,12-13H,1-2,5-6,11,14-16H2,(H2,23,27)(H,24,26). The summed E-state index contributed by atoms with van der Waals surface area (Å²) in [7, 11) is -3.48. The van der Waals surface area contributed by atoms with E-state index in [0.717, 1.165) is 31.2 Å². The molecule has 0 bridgehead atoms. The number of primary amides is 1. The van der Waals surface area contributed by atoms with E-state index in [1.54, 1.807) is 52.8 Å². The Morgan fingerprint density at radius 1 is 0.933 bits per heavy atom. The molecule has 2 aromatic rings. The Labute approximate surface area is 177 Å². The van der Waals surface area contributed by atoms with Crippen LogP contribution in [-0.2, 0) is 21.2 Å². The minimum atomic E-state index is -3.48. The second-order valence-corrected chi connectivity index (χ2v) is 9.36. The van der Waals surface area contributed by atoms with Gasteiger partial charge in [0.05, 0.1) is 16.1 Å². The normalized spacial score (nSPS) is 15.3. The van der Waals surface area contributed by atoms with Crippen molar-refractivity contribution in [1.29, 1.82) is 0 Å². The molecule has 8 heteroatoms. The molecule has 1 heterocycles. The number of hydrogen-bond acceptors (Lipinski definition) is 4. The van der Waals surface area contributed by atoms with Crippen LogP contribution in [0.1, 0.15) is 48.0 Å². The van der Waals surface area contributed by atoms with Gasteiger partial charge in [0.1, 0.15) is 0 Å². The van der Waals surface area contributed by atoms with Gasteiger partial charge in [0, 0.05) is 19.5 Å². The van der Waals surface area contributed by atoms with Crippen LogP contribution in [0.5, 0.6) is 0 Å². The lowest BCUT2D eigenvalue weighted by Gasteiger charge is -2.20. The molecule has 1 aliphatic rings. The third kappa shape index (κ3) is 5.46. The fourth-order valence-electron chi connectivity index (χ4n) is 3.54. The predicted octanol–water partition coefficient (Wildman–Crippen LogP) is 2.92. The lowest BCUT2D eigenvalue weighted by molar-refractivity contribution is -0.116. The first kappa shape index (κ1) is 22.0. The van der Waals surface area contributed by atoms with E-state index < -0.39 is 15.9 Å². The van der Waals surface area contributed by atoms with Gasteiger partial charge in [-0.2, -0.15) is 4.31 Å². The maximum atomic E-state index is 12.8. The summed E-state index contributed by atoms with van der Waals surface area (Å²) in [6.45, 7) is 1.13. The first-order valence-corrected chi connectivity index (χ1v) is 11.6. The predicted molar refractivity (Wildman–Crippen MR) is 116 cm³/mol. The third-order valence-corrected chi connectivity index (χ3v) is 7.15. The minimum absolute atomic E-state index is 0.200. The summed E-state index contributed by atoms with van der Waals surface area (Å²) < 4.78 is 27.2. The number of para-hydroxylation sites is 1. The molecule has 160 valence electrons. The Kier molecular flexibility index (Phi) is 7.23. The SMILES string of the molecule is NC(=O)c1ccccc1NC(=O)CCc1ccc(S(=O)(=O)N2CCCCCC2)cc1. The molecule has 30 heavy (non-hydrogen) atoms. The van der Waals surface area contributed by atoms with Crippen molar-refractivity contribution in [2.75, 3.05) is 18.4 Å². The number of benzene rings is 2. The van der Waals surface area contributed by atoms with Crippen molar-refractivity contribution in [2.45, 2.75) is 43.4 Å². The number of rotatable bonds is 7. The van der Waals surface area contributed by atoms with Crippen LogP contribution in [-0.4, -0.2) is 37.6 Å². The van der Waals surface area contributed by atoms with Gasteiger partial charge >= 0.3 is 0 Å². The molecule has 0 aliphatic carbocycles. The highest BCUT2D eigenvalue weighted by Gasteiger charge is 2.24. The van der Waals surface area contributed by atoms with Crippen molar-refractivity contribution in [3.8, 4) is 0 Å². The Bertz CT molecular complexity index is 995. The number of nitrogens with one attached hydrogen (secondary N) is 1. The molecule has 3 N–H and O–H groups in total. The van der Waals surface area contributed by atoms with Gasteiger partial charge in [-0.25, -0.2) is 8.42 Å². The summed E-state index contributed by atoms with van der Waals surface area (Å²) >= 11 is 0. The van der Waals surface area contributed by atoms with Crippen molar-refractivity contribution < 1.29 is 18.0 Å². The highest BCUT2D eigenvalue weighted by molar-refractivity contribution is 7.89. The third-order valence-electron chi connectivity index (χ3n) is 5.23. The molecular formula is C22H27N3O4S. The molecule has 0 radical (unpaired) electrons. The van der Waals surface area contributed by atoms with Crippen LogP contribution in [0.3, 0.4) is 0 Å². The van der Waals surface area contributed by atoms with Gasteiger partial charge < -0.3 is 11.1 Å². The van der Waals surface area contributed by atoms with E-state index in [2.05, 4.69) is 5.32 Å². The number of nitrogens with zero attached hydrogens (tertiary/aromatic N) is 1. The van der Waals surface area contributed by atoms with Gasteiger partial charge in [0.2, 0.25) is 15.9 Å². The number of nitrogens with two attached hydrogens (primary N) is 1. The summed E-state index contributed by atoms with van der Waals surface area (Å²) in [5, 5.41) is 2.70. The number of anilines is 1. The quantitative estimate of drug-likeness (QED) is 0.705. The van der Waals surface area contributed by atoms with E-state index in [1.165, 1.54) is 0 Å². The van der Waals surface area contributed by atoms with Gasteiger partial charge in [0.25, 0.3) is 5.91 Å². The van der Waals surface area contributed by atoms with Crippen molar-refractivity contribution in [1.82, 2.24) is 4.31 Å². The van der Waals surface area contributed by atoms with Gasteiger partial charge in [-0.05, 0) is 49.1 Å². The van der Waals surface area contributed by atoms with Crippen LogP contribution in [0.25, 0.3) is 0 Å².